The Bertz CT molecular complexity index is 1210. The van der Waals surface area contributed by atoms with Gasteiger partial charge in [0.15, 0.2) is 0 Å². The van der Waals surface area contributed by atoms with Crippen molar-refractivity contribution in [2.45, 2.75) is 51.2 Å². The molecule has 0 fully saturated rings. The van der Waals surface area contributed by atoms with Crippen molar-refractivity contribution in [3.63, 3.8) is 0 Å². The van der Waals surface area contributed by atoms with Gasteiger partial charge in [0.1, 0.15) is 5.75 Å². The van der Waals surface area contributed by atoms with Crippen LogP contribution in [0.3, 0.4) is 0 Å². The molecule has 8 heteroatoms. The van der Waals surface area contributed by atoms with Crippen molar-refractivity contribution in [3.05, 3.63) is 100 Å². The number of ether oxygens (including phenoxy) is 1. The molecule has 0 aliphatic heterocycles. The van der Waals surface area contributed by atoms with Gasteiger partial charge in [0.05, 0.1) is 22.6 Å². The summed E-state index contributed by atoms with van der Waals surface area (Å²) in [7, 11) is 0. The second-order valence-electron chi connectivity index (χ2n) is 9.98. The molecule has 0 amide bonds. The Morgan fingerprint density at radius 3 is 2.37 bits per heavy atom. The highest BCUT2D eigenvalue weighted by Gasteiger charge is 2.34. The zero-order valence-corrected chi connectivity index (χ0v) is 22.5. The molecule has 4 nitrogen and oxygen atoms in total. The SMILES string of the molecule is CC(CN(CCCOc1cccc(C(C)(C)C(=O)O)c1)Cc1cccc(C(F)(F)F)c1Cl)c1ccccc1. The monoisotopic (exact) mass is 547 g/mol. The Hall–Kier alpha value is -3.03. The van der Waals surface area contributed by atoms with E-state index >= 15 is 0 Å². The number of hydrogen-bond acceptors (Lipinski definition) is 3. The zero-order chi connectivity index (χ0) is 27.9. The van der Waals surface area contributed by atoms with E-state index in [2.05, 4.69) is 11.8 Å². The molecule has 0 aliphatic carbocycles. The van der Waals surface area contributed by atoms with Crippen LogP contribution in [0.1, 0.15) is 55.4 Å². The lowest BCUT2D eigenvalue weighted by Crippen LogP contribution is -2.30. The van der Waals surface area contributed by atoms with Gasteiger partial charge in [-0.05, 0) is 61.1 Å². The molecule has 0 aliphatic rings. The van der Waals surface area contributed by atoms with E-state index < -0.39 is 23.1 Å². The number of hydrogen-bond donors (Lipinski definition) is 1. The van der Waals surface area contributed by atoms with Crippen LogP contribution in [0.5, 0.6) is 5.75 Å². The lowest BCUT2D eigenvalue weighted by atomic mass is 9.85. The highest BCUT2D eigenvalue weighted by atomic mass is 35.5. The molecule has 3 aromatic rings. The third kappa shape index (κ3) is 7.74. The van der Waals surface area contributed by atoms with E-state index in [-0.39, 0.29) is 17.5 Å². The minimum atomic E-state index is -4.52. The van der Waals surface area contributed by atoms with E-state index in [4.69, 9.17) is 16.3 Å². The highest BCUT2D eigenvalue weighted by molar-refractivity contribution is 6.32. The number of carboxylic acid groups (broad SMARTS) is 1. The number of halogens is 4. The summed E-state index contributed by atoms with van der Waals surface area (Å²) in [5, 5.41) is 9.23. The van der Waals surface area contributed by atoms with E-state index in [1.54, 1.807) is 44.2 Å². The second kappa shape index (κ2) is 12.7. The van der Waals surface area contributed by atoms with Crippen molar-refractivity contribution in [2.24, 2.45) is 0 Å². The minimum Gasteiger partial charge on any atom is -0.494 e. The van der Waals surface area contributed by atoms with Crippen molar-refractivity contribution in [1.82, 2.24) is 4.90 Å². The van der Waals surface area contributed by atoms with Crippen molar-refractivity contribution < 1.29 is 27.8 Å². The first-order valence-electron chi connectivity index (χ1n) is 12.5. The Morgan fingerprint density at radius 1 is 1.03 bits per heavy atom. The molecule has 3 aromatic carbocycles. The van der Waals surface area contributed by atoms with Gasteiger partial charge in [-0.25, -0.2) is 0 Å². The molecule has 0 saturated carbocycles. The van der Waals surface area contributed by atoms with E-state index in [1.807, 2.05) is 30.3 Å². The van der Waals surface area contributed by atoms with Crippen molar-refractivity contribution in [3.8, 4) is 5.75 Å². The molecule has 204 valence electrons. The van der Waals surface area contributed by atoms with Crippen molar-refractivity contribution >= 4 is 17.6 Å². The minimum absolute atomic E-state index is 0.150. The molecular weight excluding hydrogens is 515 g/mol. The van der Waals surface area contributed by atoms with Crippen LogP contribution in [-0.4, -0.2) is 35.7 Å². The standard InChI is InChI=1S/C30H33ClF3NO3/c1-21(22-10-5-4-6-11-22)19-35(20-23-12-7-15-26(27(23)31)30(32,33)34)16-9-17-38-25-14-8-13-24(18-25)29(2,3)28(36)37/h4-8,10-15,18,21H,9,16-17,19-20H2,1-3H3,(H,36,37). The Labute approximate surface area is 227 Å². The van der Waals surface area contributed by atoms with Crippen LogP contribution in [0.2, 0.25) is 5.02 Å². The van der Waals surface area contributed by atoms with E-state index in [0.29, 0.717) is 43.0 Å². The Morgan fingerprint density at radius 2 is 1.71 bits per heavy atom. The number of benzene rings is 3. The van der Waals surface area contributed by atoms with Crippen LogP contribution in [0.25, 0.3) is 0 Å². The highest BCUT2D eigenvalue weighted by Crippen LogP contribution is 2.36. The molecule has 1 unspecified atom stereocenters. The lowest BCUT2D eigenvalue weighted by Gasteiger charge is -2.27. The third-order valence-corrected chi connectivity index (χ3v) is 7.10. The number of carboxylic acids is 1. The van der Waals surface area contributed by atoms with Gasteiger partial charge in [-0.3, -0.25) is 9.69 Å². The first kappa shape index (κ1) is 29.5. The quantitative estimate of drug-likeness (QED) is 0.235. The van der Waals surface area contributed by atoms with Crippen LogP contribution >= 0.6 is 11.6 Å². The fourth-order valence-electron chi connectivity index (χ4n) is 4.25. The number of nitrogens with zero attached hydrogens (tertiary/aromatic N) is 1. The van der Waals surface area contributed by atoms with Crippen LogP contribution in [0.15, 0.2) is 72.8 Å². The number of alkyl halides is 3. The molecule has 0 aromatic heterocycles. The molecule has 1 N–H and O–H groups in total. The molecule has 0 bridgehead atoms. The average molecular weight is 548 g/mol. The predicted octanol–water partition coefficient (Wildman–Crippen LogP) is 7.80. The third-order valence-electron chi connectivity index (χ3n) is 6.66. The lowest BCUT2D eigenvalue weighted by molar-refractivity contribution is -0.142. The summed E-state index contributed by atoms with van der Waals surface area (Å²) in [6.45, 7) is 7.19. The molecule has 38 heavy (non-hydrogen) atoms. The summed E-state index contributed by atoms with van der Waals surface area (Å²) in [6.07, 6.45) is -3.91. The summed E-state index contributed by atoms with van der Waals surface area (Å²) in [5.74, 6) is -0.204. The van der Waals surface area contributed by atoms with Gasteiger partial charge in [0, 0.05) is 19.6 Å². The largest absolute Gasteiger partial charge is 0.494 e. The van der Waals surface area contributed by atoms with Crippen LogP contribution in [-0.2, 0) is 22.9 Å². The van der Waals surface area contributed by atoms with E-state index in [0.717, 1.165) is 11.6 Å². The normalized spacial score (nSPS) is 12.9. The first-order chi connectivity index (χ1) is 17.9. The van der Waals surface area contributed by atoms with Crippen molar-refractivity contribution in [2.75, 3.05) is 19.7 Å². The number of aliphatic carboxylic acids is 1. The molecule has 3 rings (SSSR count). The fraction of sp³-hybridized carbons (Fsp3) is 0.367. The summed E-state index contributed by atoms with van der Waals surface area (Å²) in [4.78, 5) is 13.7. The number of carbonyl (C=O) groups is 1. The van der Waals surface area contributed by atoms with E-state index in [1.165, 1.54) is 6.07 Å². The summed E-state index contributed by atoms with van der Waals surface area (Å²) in [5.41, 5.74) is 0.321. The fourth-order valence-corrected chi connectivity index (χ4v) is 4.54. The topological polar surface area (TPSA) is 49.8 Å². The Kier molecular flexibility index (Phi) is 9.85. The van der Waals surface area contributed by atoms with Gasteiger partial charge in [-0.2, -0.15) is 13.2 Å². The molecule has 1 atom stereocenters. The van der Waals surface area contributed by atoms with Gasteiger partial charge in [-0.15, -0.1) is 0 Å². The predicted molar refractivity (Wildman–Crippen MR) is 144 cm³/mol. The maximum absolute atomic E-state index is 13.4. The summed E-state index contributed by atoms with van der Waals surface area (Å²) >= 11 is 6.19. The zero-order valence-electron chi connectivity index (χ0n) is 21.8. The maximum atomic E-state index is 13.4. The van der Waals surface area contributed by atoms with Gasteiger partial charge in [0.2, 0.25) is 0 Å². The van der Waals surface area contributed by atoms with Crippen molar-refractivity contribution in [1.29, 1.82) is 0 Å². The molecule has 0 spiro atoms. The van der Waals surface area contributed by atoms with Crippen LogP contribution in [0, 0.1) is 0 Å². The van der Waals surface area contributed by atoms with Gasteiger partial charge >= 0.3 is 12.1 Å². The first-order valence-corrected chi connectivity index (χ1v) is 12.9. The molecule has 0 heterocycles. The maximum Gasteiger partial charge on any atom is 0.417 e. The van der Waals surface area contributed by atoms with Crippen LogP contribution in [0.4, 0.5) is 13.2 Å². The average Bonchev–Trinajstić information content (AvgIpc) is 2.87. The van der Waals surface area contributed by atoms with E-state index in [9.17, 15) is 23.1 Å². The molecular formula is C30H33ClF3NO3. The van der Waals surface area contributed by atoms with Crippen LogP contribution < -0.4 is 4.74 Å². The summed E-state index contributed by atoms with van der Waals surface area (Å²) in [6, 6.07) is 21.0. The summed E-state index contributed by atoms with van der Waals surface area (Å²) < 4.78 is 46.1. The molecule has 0 saturated heterocycles. The molecule has 0 radical (unpaired) electrons. The smallest absolute Gasteiger partial charge is 0.417 e. The van der Waals surface area contributed by atoms with Gasteiger partial charge < -0.3 is 9.84 Å². The Balaban J connectivity index is 1.70. The second-order valence-corrected chi connectivity index (χ2v) is 10.4. The van der Waals surface area contributed by atoms with Gasteiger partial charge in [0.25, 0.3) is 0 Å². The number of rotatable bonds is 12. The van der Waals surface area contributed by atoms with Gasteiger partial charge in [-0.1, -0.05) is 73.1 Å².